The first-order chi connectivity index (χ1) is 13.6. The van der Waals surface area contributed by atoms with E-state index in [4.69, 9.17) is 4.74 Å². The quantitative estimate of drug-likeness (QED) is 0.707. The van der Waals surface area contributed by atoms with Gasteiger partial charge in [0.1, 0.15) is 24.3 Å². The molecule has 1 heterocycles. The summed E-state index contributed by atoms with van der Waals surface area (Å²) in [5.74, 6) is 0.323. The fourth-order valence-electron chi connectivity index (χ4n) is 3.39. The molecule has 1 aliphatic heterocycles. The largest absolute Gasteiger partial charge is 0.490 e. The highest BCUT2D eigenvalue weighted by Gasteiger charge is 2.20. The van der Waals surface area contributed by atoms with Gasteiger partial charge in [-0.25, -0.2) is 4.39 Å². The highest BCUT2D eigenvalue weighted by Crippen LogP contribution is 2.20. The standard InChI is InChI=1S/C22H27FN2O3/c1-2-21(27)20-5-3-4-6-22(20)28-16-19(26)15-24-11-13-25(14-12-24)18-9-7-17(23)8-10-18/h3-10,19,26H,2,11-16H2,1H3. The van der Waals surface area contributed by atoms with Crippen LogP contribution in [0.5, 0.6) is 5.75 Å². The number of Topliss-reactive ketones (excluding diaryl/α,β-unsaturated/α-hetero) is 1. The number of hydrogen-bond acceptors (Lipinski definition) is 5. The number of rotatable bonds is 8. The second kappa shape index (κ2) is 9.66. The zero-order valence-electron chi connectivity index (χ0n) is 16.2. The van der Waals surface area contributed by atoms with Crippen molar-refractivity contribution in [2.45, 2.75) is 19.4 Å². The smallest absolute Gasteiger partial charge is 0.166 e. The molecule has 1 atom stereocenters. The lowest BCUT2D eigenvalue weighted by Gasteiger charge is -2.36. The van der Waals surface area contributed by atoms with Gasteiger partial charge in [0, 0.05) is 44.8 Å². The van der Waals surface area contributed by atoms with Gasteiger partial charge in [0.25, 0.3) is 0 Å². The average Bonchev–Trinajstić information content (AvgIpc) is 2.73. The van der Waals surface area contributed by atoms with E-state index in [2.05, 4.69) is 9.80 Å². The highest BCUT2D eigenvalue weighted by atomic mass is 19.1. The molecule has 0 radical (unpaired) electrons. The normalized spacial score (nSPS) is 16.0. The van der Waals surface area contributed by atoms with Gasteiger partial charge in [-0.05, 0) is 36.4 Å². The van der Waals surface area contributed by atoms with Crippen molar-refractivity contribution < 1.29 is 19.0 Å². The van der Waals surface area contributed by atoms with Crippen molar-refractivity contribution in [3.63, 3.8) is 0 Å². The molecule has 5 nitrogen and oxygen atoms in total. The number of benzene rings is 2. The van der Waals surface area contributed by atoms with E-state index in [-0.39, 0.29) is 18.2 Å². The van der Waals surface area contributed by atoms with Gasteiger partial charge in [0.05, 0.1) is 5.56 Å². The number of aliphatic hydroxyl groups excluding tert-OH is 1. The summed E-state index contributed by atoms with van der Waals surface area (Å²) in [5, 5.41) is 10.4. The molecule has 1 N–H and O–H groups in total. The Hall–Kier alpha value is -2.44. The van der Waals surface area contributed by atoms with Gasteiger partial charge in [-0.1, -0.05) is 19.1 Å². The van der Waals surface area contributed by atoms with E-state index < -0.39 is 6.10 Å². The van der Waals surface area contributed by atoms with Crippen LogP contribution in [0.3, 0.4) is 0 Å². The lowest BCUT2D eigenvalue weighted by molar-refractivity contribution is 0.0655. The number of carbonyl (C=O) groups is 1. The lowest BCUT2D eigenvalue weighted by Crippen LogP contribution is -2.49. The van der Waals surface area contributed by atoms with E-state index in [1.54, 1.807) is 24.3 Å². The van der Waals surface area contributed by atoms with Gasteiger partial charge in [0.15, 0.2) is 5.78 Å². The Labute approximate surface area is 165 Å². The monoisotopic (exact) mass is 386 g/mol. The molecule has 1 fully saturated rings. The Morgan fingerprint density at radius 3 is 2.46 bits per heavy atom. The minimum atomic E-state index is -0.637. The first kappa shape index (κ1) is 20.3. The van der Waals surface area contributed by atoms with Crippen LogP contribution in [0.2, 0.25) is 0 Å². The number of para-hydroxylation sites is 1. The van der Waals surface area contributed by atoms with Crippen LogP contribution in [0, 0.1) is 5.82 Å². The van der Waals surface area contributed by atoms with Gasteiger partial charge in [-0.3, -0.25) is 9.69 Å². The van der Waals surface area contributed by atoms with Gasteiger partial charge in [0.2, 0.25) is 0 Å². The van der Waals surface area contributed by atoms with Gasteiger partial charge < -0.3 is 14.7 Å². The molecular formula is C22H27FN2O3. The highest BCUT2D eigenvalue weighted by molar-refractivity contribution is 5.98. The van der Waals surface area contributed by atoms with Crippen molar-refractivity contribution in [1.82, 2.24) is 4.90 Å². The van der Waals surface area contributed by atoms with E-state index in [1.807, 2.05) is 19.1 Å². The Kier molecular flexibility index (Phi) is 7.01. The third-order valence-corrected chi connectivity index (χ3v) is 4.97. The summed E-state index contributed by atoms with van der Waals surface area (Å²) >= 11 is 0. The van der Waals surface area contributed by atoms with Crippen molar-refractivity contribution in [2.75, 3.05) is 44.2 Å². The summed E-state index contributed by atoms with van der Waals surface area (Å²) in [6, 6.07) is 13.7. The molecule has 0 bridgehead atoms. The predicted molar refractivity (Wildman–Crippen MR) is 108 cm³/mol. The molecule has 3 rings (SSSR count). The number of nitrogens with zero attached hydrogens (tertiary/aromatic N) is 2. The van der Waals surface area contributed by atoms with Crippen molar-refractivity contribution in [3.05, 3.63) is 59.9 Å². The first-order valence-corrected chi connectivity index (χ1v) is 9.72. The zero-order valence-corrected chi connectivity index (χ0v) is 16.2. The van der Waals surface area contributed by atoms with Gasteiger partial charge in [-0.2, -0.15) is 0 Å². The van der Waals surface area contributed by atoms with E-state index in [0.717, 1.165) is 31.9 Å². The van der Waals surface area contributed by atoms with Crippen LogP contribution < -0.4 is 9.64 Å². The molecule has 28 heavy (non-hydrogen) atoms. The van der Waals surface area contributed by atoms with E-state index in [0.29, 0.717) is 24.3 Å². The molecule has 2 aromatic carbocycles. The fourth-order valence-corrected chi connectivity index (χ4v) is 3.39. The van der Waals surface area contributed by atoms with Gasteiger partial charge in [-0.15, -0.1) is 0 Å². The second-order valence-electron chi connectivity index (χ2n) is 7.00. The maximum Gasteiger partial charge on any atom is 0.166 e. The Bertz CT molecular complexity index is 774. The van der Waals surface area contributed by atoms with Crippen LogP contribution in [0.4, 0.5) is 10.1 Å². The van der Waals surface area contributed by atoms with Crippen LogP contribution >= 0.6 is 0 Å². The summed E-state index contributed by atoms with van der Waals surface area (Å²) in [7, 11) is 0. The molecule has 0 aromatic heterocycles. The molecule has 0 spiro atoms. The molecular weight excluding hydrogens is 359 g/mol. The molecule has 1 saturated heterocycles. The van der Waals surface area contributed by atoms with Crippen molar-refractivity contribution in [3.8, 4) is 5.75 Å². The number of hydrogen-bond donors (Lipinski definition) is 1. The Morgan fingerprint density at radius 2 is 1.79 bits per heavy atom. The minimum absolute atomic E-state index is 0.0296. The molecule has 0 amide bonds. The number of ketones is 1. The van der Waals surface area contributed by atoms with E-state index in [9.17, 15) is 14.3 Å². The third kappa shape index (κ3) is 5.30. The maximum absolute atomic E-state index is 13.1. The van der Waals surface area contributed by atoms with Crippen molar-refractivity contribution in [1.29, 1.82) is 0 Å². The molecule has 0 saturated carbocycles. The fraction of sp³-hybridized carbons (Fsp3) is 0.409. The summed E-state index contributed by atoms with van der Waals surface area (Å²) in [5.41, 5.74) is 1.58. The first-order valence-electron chi connectivity index (χ1n) is 9.72. The van der Waals surface area contributed by atoms with Crippen molar-refractivity contribution in [2.24, 2.45) is 0 Å². The summed E-state index contributed by atoms with van der Waals surface area (Å²) < 4.78 is 18.8. The number of anilines is 1. The molecule has 6 heteroatoms. The summed E-state index contributed by atoms with van der Waals surface area (Å²) in [6.07, 6.45) is -0.219. The van der Waals surface area contributed by atoms with E-state index >= 15 is 0 Å². The van der Waals surface area contributed by atoms with Crippen molar-refractivity contribution >= 4 is 11.5 Å². The average molecular weight is 386 g/mol. The number of carbonyl (C=O) groups excluding carboxylic acids is 1. The lowest BCUT2D eigenvalue weighted by atomic mass is 10.1. The topological polar surface area (TPSA) is 53.0 Å². The van der Waals surface area contributed by atoms with Gasteiger partial charge >= 0.3 is 0 Å². The predicted octanol–water partition coefficient (Wildman–Crippen LogP) is 2.98. The van der Waals surface area contributed by atoms with Crippen LogP contribution in [-0.2, 0) is 0 Å². The third-order valence-electron chi connectivity index (χ3n) is 4.97. The maximum atomic E-state index is 13.1. The molecule has 0 aliphatic carbocycles. The number of β-amino-alcohol motifs (C(OH)–C–C–N with tert-alkyl or cyclic N) is 1. The zero-order chi connectivity index (χ0) is 19.9. The number of halogens is 1. The van der Waals surface area contributed by atoms with Crippen LogP contribution in [-0.4, -0.2) is 61.2 Å². The minimum Gasteiger partial charge on any atom is -0.490 e. The summed E-state index contributed by atoms with van der Waals surface area (Å²) in [4.78, 5) is 16.4. The number of aliphatic hydroxyl groups is 1. The molecule has 1 aliphatic rings. The van der Waals surface area contributed by atoms with Crippen LogP contribution in [0.25, 0.3) is 0 Å². The summed E-state index contributed by atoms with van der Waals surface area (Å²) in [6.45, 7) is 5.77. The Morgan fingerprint density at radius 1 is 1.11 bits per heavy atom. The molecule has 2 aromatic rings. The van der Waals surface area contributed by atoms with Crippen LogP contribution in [0.1, 0.15) is 23.7 Å². The Balaban J connectivity index is 1.46. The molecule has 1 unspecified atom stereocenters. The SMILES string of the molecule is CCC(=O)c1ccccc1OCC(O)CN1CCN(c2ccc(F)cc2)CC1. The number of ether oxygens (including phenoxy) is 1. The second-order valence-corrected chi connectivity index (χ2v) is 7.00. The number of piperazine rings is 1. The molecule has 150 valence electrons. The van der Waals surface area contributed by atoms with Crippen LogP contribution in [0.15, 0.2) is 48.5 Å². The van der Waals surface area contributed by atoms with E-state index in [1.165, 1.54) is 12.1 Å².